The Kier molecular flexibility index (Phi) is 3.66. The molecule has 0 saturated carbocycles. The number of carboxylic acid groups (broad SMARTS) is 2. The molecule has 0 aliphatic rings. The van der Waals surface area contributed by atoms with Gasteiger partial charge < -0.3 is 10.2 Å². The normalized spacial score (nSPS) is 12.7. The van der Waals surface area contributed by atoms with E-state index >= 15 is 0 Å². The molecule has 0 aliphatic carbocycles. The van der Waals surface area contributed by atoms with Crippen LogP contribution in [-0.4, -0.2) is 22.2 Å². The monoisotopic (exact) mass is 186 g/mol. The van der Waals surface area contributed by atoms with Gasteiger partial charge >= 0.3 is 11.9 Å². The van der Waals surface area contributed by atoms with Crippen molar-refractivity contribution in [1.82, 2.24) is 0 Å². The highest BCUT2D eigenvalue weighted by Gasteiger charge is 2.25. The second-order valence-electron chi connectivity index (χ2n) is 3.59. The first-order valence-corrected chi connectivity index (χ1v) is 3.91. The van der Waals surface area contributed by atoms with Crippen molar-refractivity contribution >= 4 is 11.9 Å². The first-order chi connectivity index (χ1) is 5.77. The average molecular weight is 186 g/mol. The van der Waals surface area contributed by atoms with Crippen LogP contribution in [0.4, 0.5) is 0 Å². The summed E-state index contributed by atoms with van der Waals surface area (Å²) in [5, 5.41) is 17.2. The number of carbonyl (C=O) groups is 2. The molecule has 74 valence electrons. The summed E-state index contributed by atoms with van der Waals surface area (Å²) in [5.74, 6) is -1.94. The van der Waals surface area contributed by atoms with Crippen molar-refractivity contribution < 1.29 is 19.8 Å². The molecule has 0 amide bonds. The molecule has 0 aliphatic heterocycles. The maximum absolute atomic E-state index is 10.6. The summed E-state index contributed by atoms with van der Waals surface area (Å²) in [6, 6.07) is 0. The first-order valence-electron chi connectivity index (χ1n) is 3.91. The topological polar surface area (TPSA) is 74.6 Å². The molecule has 0 saturated heterocycles. The quantitative estimate of drug-likeness (QED) is 0.653. The molecule has 0 bridgehead atoms. The van der Waals surface area contributed by atoms with E-state index in [0.717, 1.165) is 0 Å². The fraction of sp³-hybridized carbons (Fsp3) is 0.556. The molecule has 4 nitrogen and oxygen atoms in total. The van der Waals surface area contributed by atoms with Gasteiger partial charge in [0.25, 0.3) is 0 Å². The van der Waals surface area contributed by atoms with Crippen molar-refractivity contribution in [2.24, 2.45) is 5.41 Å². The molecule has 0 spiro atoms. The second kappa shape index (κ2) is 4.07. The second-order valence-corrected chi connectivity index (χ2v) is 3.59. The summed E-state index contributed by atoms with van der Waals surface area (Å²) in [6.07, 6.45) is 1.65. The zero-order valence-electron chi connectivity index (χ0n) is 8.00. The Morgan fingerprint density at radius 2 is 1.77 bits per heavy atom. The number of allylic oxidation sites excluding steroid dienone is 1. The number of hydrogen-bond acceptors (Lipinski definition) is 2. The lowest BCUT2D eigenvalue weighted by atomic mass is 9.89. The van der Waals surface area contributed by atoms with Gasteiger partial charge in [-0.05, 0) is 27.2 Å². The minimum atomic E-state index is -1.01. The molecule has 13 heavy (non-hydrogen) atoms. The highest BCUT2D eigenvalue weighted by Crippen LogP contribution is 2.21. The van der Waals surface area contributed by atoms with Crippen LogP contribution >= 0.6 is 0 Å². The molecule has 0 aromatic carbocycles. The standard InChI is InChI=1S/C9H14O4/c1-6(7(10)11)4-5-9(2,3)8(12)13/h4H,5H2,1-3H3,(H,10,11)(H,12,13)/b6-4+. The SMILES string of the molecule is C/C(=C\CC(C)(C)C(=O)O)C(=O)O. The Hall–Kier alpha value is -1.32. The molecular weight excluding hydrogens is 172 g/mol. The molecule has 4 heteroatoms. The Balaban J connectivity index is 4.39. The van der Waals surface area contributed by atoms with Crippen molar-refractivity contribution in [2.45, 2.75) is 27.2 Å². The van der Waals surface area contributed by atoms with Gasteiger partial charge in [0.2, 0.25) is 0 Å². The van der Waals surface area contributed by atoms with Crippen LogP contribution in [0.5, 0.6) is 0 Å². The number of rotatable bonds is 4. The van der Waals surface area contributed by atoms with E-state index in [2.05, 4.69) is 0 Å². The van der Waals surface area contributed by atoms with E-state index < -0.39 is 17.4 Å². The predicted octanol–water partition coefficient (Wildman–Crippen LogP) is 1.52. The number of hydrogen-bond donors (Lipinski definition) is 2. The molecular formula is C9H14O4. The van der Waals surface area contributed by atoms with Gasteiger partial charge in [0.05, 0.1) is 5.41 Å². The minimum absolute atomic E-state index is 0.175. The van der Waals surface area contributed by atoms with Gasteiger partial charge in [0.15, 0.2) is 0 Å². The van der Waals surface area contributed by atoms with Crippen molar-refractivity contribution in [3.8, 4) is 0 Å². The molecule has 0 rings (SSSR count). The Bertz CT molecular complexity index is 250. The zero-order chi connectivity index (χ0) is 10.6. The van der Waals surface area contributed by atoms with Crippen molar-refractivity contribution in [1.29, 1.82) is 0 Å². The van der Waals surface area contributed by atoms with Crippen molar-refractivity contribution in [3.05, 3.63) is 11.6 Å². The Labute approximate surface area is 76.9 Å². The lowest BCUT2D eigenvalue weighted by molar-refractivity contribution is -0.146. The lowest BCUT2D eigenvalue weighted by Gasteiger charge is -2.16. The maximum atomic E-state index is 10.6. The van der Waals surface area contributed by atoms with E-state index in [1.54, 1.807) is 13.8 Å². The molecule has 0 unspecified atom stereocenters. The van der Waals surface area contributed by atoms with E-state index in [4.69, 9.17) is 10.2 Å². The molecule has 0 aromatic heterocycles. The van der Waals surface area contributed by atoms with Crippen LogP contribution in [0.15, 0.2) is 11.6 Å². The molecule has 2 N–H and O–H groups in total. The van der Waals surface area contributed by atoms with Crippen LogP contribution in [-0.2, 0) is 9.59 Å². The summed E-state index contributed by atoms with van der Waals surface area (Å²) >= 11 is 0. The van der Waals surface area contributed by atoms with Crippen LogP contribution in [0.3, 0.4) is 0 Å². The van der Waals surface area contributed by atoms with Gasteiger partial charge in [-0.15, -0.1) is 0 Å². The lowest BCUT2D eigenvalue weighted by Crippen LogP contribution is -2.22. The third-order valence-electron chi connectivity index (χ3n) is 1.83. The summed E-state index contributed by atoms with van der Waals surface area (Å²) in [4.78, 5) is 21.0. The van der Waals surface area contributed by atoms with E-state index in [0.29, 0.717) is 0 Å². The Morgan fingerprint density at radius 1 is 1.31 bits per heavy atom. The maximum Gasteiger partial charge on any atom is 0.330 e. The van der Waals surface area contributed by atoms with Crippen LogP contribution in [0, 0.1) is 5.41 Å². The molecule has 0 fully saturated rings. The van der Waals surface area contributed by atoms with E-state index in [1.807, 2.05) is 0 Å². The summed E-state index contributed by atoms with van der Waals surface area (Å²) in [7, 11) is 0. The highest BCUT2D eigenvalue weighted by molar-refractivity contribution is 5.86. The molecule has 0 atom stereocenters. The fourth-order valence-electron chi connectivity index (χ4n) is 0.583. The van der Waals surface area contributed by atoms with Crippen LogP contribution in [0.25, 0.3) is 0 Å². The summed E-state index contributed by atoms with van der Waals surface area (Å²) in [6.45, 7) is 4.56. The predicted molar refractivity (Wildman–Crippen MR) is 47.4 cm³/mol. The van der Waals surface area contributed by atoms with Crippen molar-refractivity contribution in [3.63, 3.8) is 0 Å². The van der Waals surface area contributed by atoms with E-state index in [-0.39, 0.29) is 12.0 Å². The zero-order valence-corrected chi connectivity index (χ0v) is 8.00. The number of carboxylic acids is 2. The largest absolute Gasteiger partial charge is 0.481 e. The third kappa shape index (κ3) is 3.73. The van der Waals surface area contributed by atoms with Gasteiger partial charge in [0.1, 0.15) is 0 Å². The third-order valence-corrected chi connectivity index (χ3v) is 1.83. The summed E-state index contributed by atoms with van der Waals surface area (Å²) < 4.78 is 0. The van der Waals surface area contributed by atoms with E-state index in [1.165, 1.54) is 13.0 Å². The van der Waals surface area contributed by atoms with Gasteiger partial charge in [-0.2, -0.15) is 0 Å². The van der Waals surface area contributed by atoms with Crippen molar-refractivity contribution in [2.75, 3.05) is 0 Å². The number of aliphatic carboxylic acids is 2. The highest BCUT2D eigenvalue weighted by atomic mass is 16.4. The fourth-order valence-corrected chi connectivity index (χ4v) is 0.583. The van der Waals surface area contributed by atoms with Crippen LogP contribution < -0.4 is 0 Å². The Morgan fingerprint density at radius 3 is 2.08 bits per heavy atom. The molecule has 0 radical (unpaired) electrons. The van der Waals surface area contributed by atoms with Crippen LogP contribution in [0.2, 0.25) is 0 Å². The van der Waals surface area contributed by atoms with Gasteiger partial charge in [-0.25, -0.2) is 4.79 Å². The van der Waals surface area contributed by atoms with E-state index in [9.17, 15) is 9.59 Å². The van der Waals surface area contributed by atoms with Gasteiger partial charge in [-0.1, -0.05) is 6.08 Å². The van der Waals surface area contributed by atoms with Gasteiger partial charge in [0, 0.05) is 5.57 Å². The minimum Gasteiger partial charge on any atom is -0.481 e. The van der Waals surface area contributed by atoms with Crippen LogP contribution in [0.1, 0.15) is 27.2 Å². The average Bonchev–Trinajstić information content (AvgIpc) is 1.99. The summed E-state index contributed by atoms with van der Waals surface area (Å²) in [5.41, 5.74) is -0.731. The smallest absolute Gasteiger partial charge is 0.330 e. The molecule has 0 heterocycles. The first kappa shape index (κ1) is 11.7. The van der Waals surface area contributed by atoms with Gasteiger partial charge in [-0.3, -0.25) is 4.79 Å². The molecule has 0 aromatic rings.